The first-order valence-electron chi connectivity index (χ1n) is 8.21. The molecule has 0 saturated heterocycles. The topological polar surface area (TPSA) is 49.8 Å². The SMILES string of the molecule is CCNc1ncnc(NCC(C(C)C)C(C)C)c1C(C)C. The van der Waals surface area contributed by atoms with E-state index in [9.17, 15) is 0 Å². The van der Waals surface area contributed by atoms with Gasteiger partial charge in [0.05, 0.1) is 0 Å². The summed E-state index contributed by atoms with van der Waals surface area (Å²) in [6.07, 6.45) is 1.64. The van der Waals surface area contributed by atoms with Crippen LogP contribution >= 0.6 is 0 Å². The minimum Gasteiger partial charge on any atom is -0.370 e. The quantitative estimate of drug-likeness (QED) is 0.747. The van der Waals surface area contributed by atoms with Crippen molar-refractivity contribution in [2.75, 3.05) is 23.7 Å². The van der Waals surface area contributed by atoms with Crippen molar-refractivity contribution in [1.82, 2.24) is 9.97 Å². The third-order valence-electron chi connectivity index (χ3n) is 4.02. The zero-order valence-electron chi connectivity index (χ0n) is 14.7. The zero-order chi connectivity index (χ0) is 16.0. The minimum absolute atomic E-state index is 0.388. The Morgan fingerprint density at radius 3 is 1.86 bits per heavy atom. The summed E-state index contributed by atoms with van der Waals surface area (Å²) in [6.45, 7) is 17.5. The Bertz CT molecular complexity index is 419. The van der Waals surface area contributed by atoms with Gasteiger partial charge in [0.25, 0.3) is 0 Å². The summed E-state index contributed by atoms with van der Waals surface area (Å²) in [6, 6.07) is 0. The molecule has 21 heavy (non-hydrogen) atoms. The molecule has 0 radical (unpaired) electrons. The fraction of sp³-hybridized carbons (Fsp3) is 0.765. The Hall–Kier alpha value is -1.32. The molecule has 0 spiro atoms. The highest BCUT2D eigenvalue weighted by molar-refractivity contribution is 5.58. The monoisotopic (exact) mass is 292 g/mol. The van der Waals surface area contributed by atoms with Gasteiger partial charge in [-0.05, 0) is 30.6 Å². The van der Waals surface area contributed by atoms with Crippen LogP contribution < -0.4 is 10.6 Å². The van der Waals surface area contributed by atoms with Crippen LogP contribution in [0.25, 0.3) is 0 Å². The zero-order valence-corrected chi connectivity index (χ0v) is 14.7. The maximum absolute atomic E-state index is 4.47. The van der Waals surface area contributed by atoms with Gasteiger partial charge in [0.2, 0.25) is 0 Å². The van der Waals surface area contributed by atoms with Gasteiger partial charge in [-0.3, -0.25) is 0 Å². The van der Waals surface area contributed by atoms with Crippen LogP contribution in [0.1, 0.15) is 59.9 Å². The molecule has 0 amide bonds. The molecule has 1 aromatic rings. The first kappa shape index (κ1) is 17.7. The van der Waals surface area contributed by atoms with Crippen molar-refractivity contribution in [3.63, 3.8) is 0 Å². The van der Waals surface area contributed by atoms with E-state index in [4.69, 9.17) is 0 Å². The minimum atomic E-state index is 0.388. The number of hydrogen-bond donors (Lipinski definition) is 2. The van der Waals surface area contributed by atoms with Gasteiger partial charge < -0.3 is 10.6 Å². The number of hydrogen-bond acceptors (Lipinski definition) is 4. The lowest BCUT2D eigenvalue weighted by molar-refractivity contribution is 0.304. The molecule has 0 aliphatic rings. The Labute approximate surface area is 130 Å². The van der Waals surface area contributed by atoms with E-state index >= 15 is 0 Å². The highest BCUT2D eigenvalue weighted by Gasteiger charge is 2.19. The van der Waals surface area contributed by atoms with Gasteiger partial charge in [0, 0.05) is 18.7 Å². The maximum Gasteiger partial charge on any atom is 0.134 e. The van der Waals surface area contributed by atoms with Crippen LogP contribution in [-0.4, -0.2) is 23.1 Å². The molecule has 4 heteroatoms. The fourth-order valence-corrected chi connectivity index (χ4v) is 2.85. The lowest BCUT2D eigenvalue weighted by Crippen LogP contribution is -2.25. The van der Waals surface area contributed by atoms with E-state index in [1.54, 1.807) is 6.33 Å². The predicted molar refractivity (Wildman–Crippen MR) is 91.9 cm³/mol. The lowest BCUT2D eigenvalue weighted by Gasteiger charge is -2.26. The number of nitrogens with one attached hydrogen (secondary N) is 2. The molecule has 0 atom stereocenters. The molecule has 0 bridgehead atoms. The lowest BCUT2D eigenvalue weighted by atomic mass is 9.85. The number of anilines is 2. The Morgan fingerprint density at radius 1 is 0.905 bits per heavy atom. The number of rotatable bonds is 8. The summed E-state index contributed by atoms with van der Waals surface area (Å²) in [5, 5.41) is 6.90. The summed E-state index contributed by atoms with van der Waals surface area (Å²) in [4.78, 5) is 8.86. The van der Waals surface area contributed by atoms with Crippen LogP contribution in [0.3, 0.4) is 0 Å². The summed E-state index contributed by atoms with van der Waals surface area (Å²) in [5.41, 5.74) is 1.19. The van der Waals surface area contributed by atoms with Crippen molar-refractivity contribution in [3.8, 4) is 0 Å². The molecule has 0 unspecified atom stereocenters. The molecular weight excluding hydrogens is 260 g/mol. The Balaban J connectivity index is 2.94. The van der Waals surface area contributed by atoms with E-state index in [1.165, 1.54) is 5.56 Å². The highest BCUT2D eigenvalue weighted by Crippen LogP contribution is 2.29. The third-order valence-corrected chi connectivity index (χ3v) is 4.02. The summed E-state index contributed by atoms with van der Waals surface area (Å²) in [7, 11) is 0. The van der Waals surface area contributed by atoms with Crippen molar-refractivity contribution in [2.24, 2.45) is 17.8 Å². The van der Waals surface area contributed by atoms with E-state index in [0.717, 1.165) is 24.7 Å². The van der Waals surface area contributed by atoms with E-state index < -0.39 is 0 Å². The van der Waals surface area contributed by atoms with Crippen LogP contribution in [0.5, 0.6) is 0 Å². The second-order valence-electron chi connectivity index (χ2n) is 6.70. The van der Waals surface area contributed by atoms with Gasteiger partial charge in [-0.15, -0.1) is 0 Å². The van der Waals surface area contributed by atoms with E-state index in [2.05, 4.69) is 69.1 Å². The van der Waals surface area contributed by atoms with Crippen molar-refractivity contribution in [1.29, 1.82) is 0 Å². The summed E-state index contributed by atoms with van der Waals surface area (Å²) < 4.78 is 0. The van der Waals surface area contributed by atoms with Gasteiger partial charge in [0.1, 0.15) is 18.0 Å². The molecule has 0 aromatic carbocycles. The molecule has 1 rings (SSSR count). The highest BCUT2D eigenvalue weighted by atomic mass is 15.1. The van der Waals surface area contributed by atoms with Crippen LogP contribution in [0.2, 0.25) is 0 Å². The average molecular weight is 292 g/mol. The maximum atomic E-state index is 4.47. The number of aromatic nitrogens is 2. The second kappa shape index (κ2) is 8.20. The Morgan fingerprint density at radius 2 is 1.43 bits per heavy atom. The van der Waals surface area contributed by atoms with Crippen molar-refractivity contribution in [2.45, 2.75) is 54.4 Å². The third kappa shape index (κ3) is 4.87. The molecule has 2 N–H and O–H groups in total. The number of nitrogens with zero attached hydrogens (tertiary/aromatic N) is 2. The van der Waals surface area contributed by atoms with E-state index in [1.807, 2.05) is 0 Å². The van der Waals surface area contributed by atoms with Gasteiger partial charge in [-0.25, -0.2) is 9.97 Å². The van der Waals surface area contributed by atoms with Gasteiger partial charge in [0.15, 0.2) is 0 Å². The molecule has 0 fully saturated rings. The van der Waals surface area contributed by atoms with E-state index in [0.29, 0.717) is 23.7 Å². The molecule has 0 aliphatic heterocycles. The molecule has 120 valence electrons. The first-order chi connectivity index (χ1) is 9.88. The van der Waals surface area contributed by atoms with Crippen LogP contribution in [-0.2, 0) is 0 Å². The van der Waals surface area contributed by atoms with Gasteiger partial charge in [-0.1, -0.05) is 41.5 Å². The predicted octanol–water partition coefficient (Wildman–Crippen LogP) is 4.37. The summed E-state index contributed by atoms with van der Waals surface area (Å²) >= 11 is 0. The normalized spacial score (nSPS) is 11.8. The largest absolute Gasteiger partial charge is 0.370 e. The summed E-state index contributed by atoms with van der Waals surface area (Å²) in [5.74, 6) is 4.28. The molecule has 4 nitrogen and oxygen atoms in total. The molecule has 0 saturated carbocycles. The van der Waals surface area contributed by atoms with Crippen LogP contribution in [0.15, 0.2) is 6.33 Å². The van der Waals surface area contributed by atoms with Crippen molar-refractivity contribution >= 4 is 11.6 Å². The van der Waals surface area contributed by atoms with Gasteiger partial charge in [-0.2, -0.15) is 0 Å². The second-order valence-corrected chi connectivity index (χ2v) is 6.70. The molecule has 1 aromatic heterocycles. The first-order valence-corrected chi connectivity index (χ1v) is 8.21. The Kier molecular flexibility index (Phi) is 6.93. The van der Waals surface area contributed by atoms with Crippen LogP contribution in [0, 0.1) is 17.8 Å². The van der Waals surface area contributed by atoms with Crippen molar-refractivity contribution < 1.29 is 0 Å². The average Bonchev–Trinajstić information content (AvgIpc) is 2.38. The van der Waals surface area contributed by atoms with Crippen LogP contribution in [0.4, 0.5) is 11.6 Å². The standard InChI is InChI=1S/C17H32N4/c1-8-18-16-15(13(6)7)17(21-10-20-16)19-9-14(11(2)3)12(4)5/h10-14H,8-9H2,1-7H3,(H2,18,19,20,21). The molecule has 0 aliphatic carbocycles. The smallest absolute Gasteiger partial charge is 0.134 e. The fourth-order valence-electron chi connectivity index (χ4n) is 2.85. The van der Waals surface area contributed by atoms with E-state index in [-0.39, 0.29) is 0 Å². The molecular formula is C17H32N4. The van der Waals surface area contributed by atoms with Gasteiger partial charge >= 0.3 is 0 Å². The molecule has 1 heterocycles. The van der Waals surface area contributed by atoms with Crippen molar-refractivity contribution in [3.05, 3.63) is 11.9 Å².